The lowest BCUT2D eigenvalue weighted by Crippen LogP contribution is -2.24. The number of halogens is 3. The molecule has 0 saturated carbocycles. The largest absolute Gasteiger partial charge is 0.491 e. The van der Waals surface area contributed by atoms with Crippen molar-refractivity contribution >= 4 is 11.7 Å². The summed E-state index contributed by atoms with van der Waals surface area (Å²) in [7, 11) is 1.28. The Morgan fingerprint density at radius 2 is 1.90 bits per heavy atom. The Balaban J connectivity index is 2.06. The number of nitrogens with one attached hydrogen (secondary N) is 1. The molecule has 0 atom stereocenters. The molecule has 0 aliphatic heterocycles. The third-order valence-corrected chi connectivity index (χ3v) is 4.19. The number of hydrogen-bond donors (Lipinski definition) is 1. The van der Waals surface area contributed by atoms with Gasteiger partial charge in [-0.25, -0.2) is 4.98 Å². The number of ether oxygens (including phenoxy) is 2. The van der Waals surface area contributed by atoms with E-state index in [1.807, 2.05) is 0 Å². The summed E-state index contributed by atoms with van der Waals surface area (Å²) >= 11 is 0. The van der Waals surface area contributed by atoms with Crippen molar-refractivity contribution in [3.63, 3.8) is 0 Å². The van der Waals surface area contributed by atoms with E-state index in [4.69, 9.17) is 4.74 Å². The average Bonchev–Trinajstić information content (AvgIpc) is 2.69. The molecule has 168 valence electrons. The zero-order valence-corrected chi connectivity index (χ0v) is 17.7. The van der Waals surface area contributed by atoms with Crippen LogP contribution in [0.5, 0.6) is 11.6 Å². The van der Waals surface area contributed by atoms with Crippen LogP contribution in [0.3, 0.4) is 0 Å². The van der Waals surface area contributed by atoms with E-state index in [9.17, 15) is 22.8 Å². The van der Waals surface area contributed by atoms with Gasteiger partial charge in [-0.05, 0) is 30.7 Å². The molecule has 0 radical (unpaired) electrons. The molecule has 31 heavy (non-hydrogen) atoms. The second-order valence-electron chi connectivity index (χ2n) is 7.22. The molecular formula is C21H24F3N3O4. The fraction of sp³-hybridized carbons (Fsp3) is 0.429. The van der Waals surface area contributed by atoms with Crippen LogP contribution < -0.4 is 14.8 Å². The number of ketones is 1. The Labute approximate surface area is 178 Å². The number of pyridine rings is 2. The third-order valence-electron chi connectivity index (χ3n) is 4.19. The molecule has 2 aromatic rings. The summed E-state index contributed by atoms with van der Waals surface area (Å²) in [5, 5.41) is 2.70. The van der Waals surface area contributed by atoms with Crippen LogP contribution in [0.1, 0.15) is 41.2 Å². The first kappa shape index (κ1) is 24.1. The highest BCUT2D eigenvalue weighted by molar-refractivity contribution is 5.94. The number of carbonyl (C=O) groups excluding carboxylic acids is 2. The summed E-state index contributed by atoms with van der Waals surface area (Å²) in [6, 6.07) is 4.60. The van der Waals surface area contributed by atoms with Crippen LogP contribution in [-0.4, -0.2) is 41.6 Å². The summed E-state index contributed by atoms with van der Waals surface area (Å²) < 4.78 is 46.6. The average molecular weight is 439 g/mol. The first-order valence-corrected chi connectivity index (χ1v) is 9.49. The number of rotatable bonds is 9. The van der Waals surface area contributed by atoms with Crippen molar-refractivity contribution in [3.8, 4) is 11.6 Å². The molecule has 0 saturated heterocycles. The fourth-order valence-corrected chi connectivity index (χ4v) is 2.60. The van der Waals surface area contributed by atoms with E-state index in [0.717, 1.165) is 0 Å². The van der Waals surface area contributed by atoms with E-state index in [0.29, 0.717) is 22.5 Å². The van der Waals surface area contributed by atoms with Gasteiger partial charge in [-0.3, -0.25) is 14.6 Å². The molecule has 2 aromatic heterocycles. The Kier molecular flexibility index (Phi) is 7.95. The van der Waals surface area contributed by atoms with Crippen LogP contribution >= 0.6 is 0 Å². The van der Waals surface area contributed by atoms with Gasteiger partial charge in [-0.1, -0.05) is 13.8 Å². The number of alkyl halides is 3. The van der Waals surface area contributed by atoms with Crippen molar-refractivity contribution in [1.82, 2.24) is 15.3 Å². The number of aromatic nitrogens is 2. The van der Waals surface area contributed by atoms with Crippen LogP contribution in [0.2, 0.25) is 0 Å². The van der Waals surface area contributed by atoms with Gasteiger partial charge in [0.2, 0.25) is 0 Å². The molecule has 0 spiro atoms. The van der Waals surface area contributed by atoms with E-state index in [1.54, 1.807) is 32.9 Å². The van der Waals surface area contributed by atoms with E-state index in [2.05, 4.69) is 20.0 Å². The molecule has 7 nitrogen and oxygen atoms in total. The SMILES string of the molecule is COc1cc(CNC(=O)c2cc(C)nc(CC(=O)C(C)C)c2)cnc1OCC(F)(F)F. The maximum absolute atomic E-state index is 12.6. The quantitative estimate of drug-likeness (QED) is 0.644. The van der Waals surface area contributed by atoms with Gasteiger partial charge >= 0.3 is 6.18 Å². The summed E-state index contributed by atoms with van der Waals surface area (Å²) in [5.41, 5.74) is 1.97. The molecular weight excluding hydrogens is 415 g/mol. The maximum Gasteiger partial charge on any atom is 0.422 e. The van der Waals surface area contributed by atoms with Gasteiger partial charge in [0.05, 0.1) is 7.11 Å². The predicted molar refractivity (Wildman–Crippen MR) is 106 cm³/mol. The third kappa shape index (κ3) is 7.54. The van der Waals surface area contributed by atoms with Crippen molar-refractivity contribution in [3.05, 3.63) is 46.9 Å². The Morgan fingerprint density at radius 1 is 1.19 bits per heavy atom. The smallest absolute Gasteiger partial charge is 0.422 e. The van der Waals surface area contributed by atoms with Gasteiger partial charge in [-0.2, -0.15) is 13.2 Å². The van der Waals surface area contributed by atoms with Gasteiger partial charge in [0.1, 0.15) is 5.78 Å². The highest BCUT2D eigenvalue weighted by Crippen LogP contribution is 2.27. The van der Waals surface area contributed by atoms with E-state index in [-0.39, 0.29) is 42.2 Å². The standard InChI is InChI=1S/C21H24F3N3O4/c1-12(2)17(28)8-16-7-15(5-13(3)27-16)19(29)25-9-14-6-18(30-4)20(26-10-14)31-11-21(22,23)24/h5-7,10,12H,8-9,11H2,1-4H3,(H,25,29). The van der Waals surface area contributed by atoms with Crippen molar-refractivity contribution in [2.24, 2.45) is 5.92 Å². The number of carbonyl (C=O) groups is 2. The molecule has 0 unspecified atom stereocenters. The fourth-order valence-electron chi connectivity index (χ4n) is 2.60. The number of Topliss-reactive ketones (excluding diaryl/α,β-unsaturated/α-hetero) is 1. The van der Waals surface area contributed by atoms with Crippen molar-refractivity contribution in [2.75, 3.05) is 13.7 Å². The molecule has 0 aliphatic rings. The van der Waals surface area contributed by atoms with Crippen LogP contribution in [-0.2, 0) is 17.8 Å². The number of nitrogens with zero attached hydrogens (tertiary/aromatic N) is 2. The van der Waals surface area contributed by atoms with Crippen LogP contribution in [0, 0.1) is 12.8 Å². The van der Waals surface area contributed by atoms with Gasteiger partial charge in [0.25, 0.3) is 11.8 Å². The summed E-state index contributed by atoms with van der Waals surface area (Å²) in [6.07, 6.45) is -3.07. The van der Waals surface area contributed by atoms with Crippen molar-refractivity contribution in [2.45, 2.75) is 39.9 Å². The van der Waals surface area contributed by atoms with E-state index < -0.39 is 12.8 Å². The summed E-state index contributed by atoms with van der Waals surface area (Å²) in [5.74, 6) is -0.773. The normalized spacial score (nSPS) is 11.4. The number of aryl methyl sites for hydroxylation is 1. The van der Waals surface area contributed by atoms with Crippen molar-refractivity contribution in [1.29, 1.82) is 0 Å². The van der Waals surface area contributed by atoms with Gasteiger partial charge in [0, 0.05) is 42.0 Å². The van der Waals surface area contributed by atoms with Gasteiger partial charge in [-0.15, -0.1) is 0 Å². The maximum atomic E-state index is 12.6. The molecule has 2 rings (SSSR count). The second-order valence-corrected chi connectivity index (χ2v) is 7.22. The Hall–Kier alpha value is -3.17. The van der Waals surface area contributed by atoms with Gasteiger partial charge in [0.15, 0.2) is 12.4 Å². The molecule has 2 heterocycles. The Bertz CT molecular complexity index is 946. The van der Waals surface area contributed by atoms with Gasteiger partial charge < -0.3 is 14.8 Å². The van der Waals surface area contributed by atoms with Crippen LogP contribution in [0.25, 0.3) is 0 Å². The minimum Gasteiger partial charge on any atom is -0.491 e. The Morgan fingerprint density at radius 3 is 2.52 bits per heavy atom. The summed E-state index contributed by atoms with van der Waals surface area (Å²) in [4.78, 5) is 32.7. The van der Waals surface area contributed by atoms with Crippen LogP contribution in [0.15, 0.2) is 24.4 Å². The van der Waals surface area contributed by atoms with Crippen molar-refractivity contribution < 1.29 is 32.2 Å². The topological polar surface area (TPSA) is 90.4 Å². The molecule has 0 fully saturated rings. The number of methoxy groups -OCH3 is 1. The van der Waals surface area contributed by atoms with E-state index >= 15 is 0 Å². The first-order chi connectivity index (χ1) is 14.5. The zero-order valence-electron chi connectivity index (χ0n) is 17.7. The molecule has 1 amide bonds. The monoisotopic (exact) mass is 439 g/mol. The summed E-state index contributed by atoms with van der Waals surface area (Å²) in [6.45, 7) is 3.90. The lowest BCUT2D eigenvalue weighted by molar-refractivity contribution is -0.154. The number of hydrogen-bond acceptors (Lipinski definition) is 6. The molecule has 10 heteroatoms. The molecule has 0 aromatic carbocycles. The lowest BCUT2D eigenvalue weighted by Gasteiger charge is -2.13. The highest BCUT2D eigenvalue weighted by atomic mass is 19.4. The lowest BCUT2D eigenvalue weighted by atomic mass is 10.0. The zero-order chi connectivity index (χ0) is 23.2. The molecule has 0 aliphatic carbocycles. The minimum absolute atomic E-state index is 0.0187. The highest BCUT2D eigenvalue weighted by Gasteiger charge is 2.29. The minimum atomic E-state index is -4.50. The predicted octanol–water partition coefficient (Wildman–Crippen LogP) is 3.43. The van der Waals surface area contributed by atoms with E-state index in [1.165, 1.54) is 19.4 Å². The second kappa shape index (κ2) is 10.2. The van der Waals surface area contributed by atoms with Crippen LogP contribution in [0.4, 0.5) is 13.2 Å². The molecule has 0 bridgehead atoms. The molecule has 1 N–H and O–H groups in total. The first-order valence-electron chi connectivity index (χ1n) is 9.49. The number of amides is 1.